The van der Waals surface area contributed by atoms with Crippen molar-refractivity contribution < 1.29 is 14.0 Å². The fraction of sp³-hybridized carbons (Fsp3) is 0.200. The smallest absolute Gasteiger partial charge is 0.290 e. The van der Waals surface area contributed by atoms with Crippen LogP contribution < -0.4 is 5.32 Å². The molecule has 7 heteroatoms. The number of likely N-dealkylation sites (N-methyl/N-ethyl adjacent to an activating group) is 1. The van der Waals surface area contributed by atoms with Crippen LogP contribution in [0.3, 0.4) is 0 Å². The number of hydrogen-bond acceptors (Lipinski definition) is 3. The number of rotatable bonds is 4. The van der Waals surface area contributed by atoms with Gasteiger partial charge in [0.1, 0.15) is 0 Å². The highest BCUT2D eigenvalue weighted by atomic mass is 35.5. The number of nitrogens with zero attached hydrogens (tertiary/aromatic N) is 1. The van der Waals surface area contributed by atoms with Crippen LogP contribution in [0.5, 0.6) is 0 Å². The average molecular weight is 341 g/mol. The summed E-state index contributed by atoms with van der Waals surface area (Å²) in [6.45, 7) is 1.65. The minimum absolute atomic E-state index is 0.112. The molecule has 2 rings (SSSR count). The highest BCUT2D eigenvalue weighted by Crippen LogP contribution is 2.24. The Labute approximate surface area is 137 Å². The van der Waals surface area contributed by atoms with E-state index in [9.17, 15) is 9.59 Å². The number of anilines is 1. The lowest BCUT2D eigenvalue weighted by Crippen LogP contribution is -2.35. The van der Waals surface area contributed by atoms with E-state index >= 15 is 0 Å². The van der Waals surface area contributed by atoms with Gasteiger partial charge in [-0.1, -0.05) is 23.2 Å². The van der Waals surface area contributed by atoms with Crippen molar-refractivity contribution in [3.63, 3.8) is 0 Å². The van der Waals surface area contributed by atoms with Crippen molar-refractivity contribution in [1.82, 2.24) is 4.90 Å². The monoisotopic (exact) mass is 340 g/mol. The van der Waals surface area contributed by atoms with Gasteiger partial charge in [-0.3, -0.25) is 9.59 Å². The predicted octanol–water partition coefficient (Wildman–Crippen LogP) is 3.61. The standard InChI is InChI=1S/C15H14Cl2N2O3/c1-9-5-6-22-14(9)15(21)19(2)8-13(20)18-10-3-4-11(16)12(17)7-10/h3-7H,8H2,1-2H3,(H,18,20). The molecule has 0 radical (unpaired) electrons. The van der Waals surface area contributed by atoms with Crippen LogP contribution in [0.1, 0.15) is 16.1 Å². The molecule has 0 saturated heterocycles. The molecule has 0 aliphatic heterocycles. The van der Waals surface area contributed by atoms with E-state index in [0.29, 0.717) is 15.7 Å². The van der Waals surface area contributed by atoms with Crippen molar-refractivity contribution in [2.45, 2.75) is 6.92 Å². The molecule has 1 heterocycles. The molecule has 0 saturated carbocycles. The zero-order valence-electron chi connectivity index (χ0n) is 12.0. The van der Waals surface area contributed by atoms with Crippen molar-refractivity contribution >= 4 is 40.7 Å². The maximum atomic E-state index is 12.1. The van der Waals surface area contributed by atoms with E-state index in [0.717, 1.165) is 5.56 Å². The Morgan fingerprint density at radius 3 is 2.55 bits per heavy atom. The Morgan fingerprint density at radius 2 is 1.95 bits per heavy atom. The van der Waals surface area contributed by atoms with E-state index in [4.69, 9.17) is 27.6 Å². The first kappa shape index (κ1) is 16.4. The number of carbonyl (C=O) groups excluding carboxylic acids is 2. The summed E-state index contributed by atoms with van der Waals surface area (Å²) in [5.74, 6) is -0.477. The predicted molar refractivity (Wildman–Crippen MR) is 85.5 cm³/mol. The Balaban J connectivity index is 1.98. The minimum atomic E-state index is -0.355. The summed E-state index contributed by atoms with van der Waals surface area (Å²) in [5, 5.41) is 3.39. The first-order chi connectivity index (χ1) is 10.4. The van der Waals surface area contributed by atoms with Crippen molar-refractivity contribution in [2.75, 3.05) is 18.9 Å². The van der Waals surface area contributed by atoms with Gasteiger partial charge >= 0.3 is 0 Å². The fourth-order valence-electron chi connectivity index (χ4n) is 1.83. The summed E-state index contributed by atoms with van der Waals surface area (Å²) in [5.41, 5.74) is 1.23. The lowest BCUT2D eigenvalue weighted by molar-refractivity contribution is -0.116. The van der Waals surface area contributed by atoms with Gasteiger partial charge in [0.2, 0.25) is 5.91 Å². The normalized spacial score (nSPS) is 10.4. The van der Waals surface area contributed by atoms with Gasteiger partial charge in [0.15, 0.2) is 5.76 Å². The van der Waals surface area contributed by atoms with Crippen LogP contribution in [-0.4, -0.2) is 30.3 Å². The highest BCUT2D eigenvalue weighted by molar-refractivity contribution is 6.42. The van der Waals surface area contributed by atoms with Gasteiger partial charge in [-0.25, -0.2) is 0 Å². The third kappa shape index (κ3) is 3.81. The first-order valence-electron chi connectivity index (χ1n) is 6.43. The number of nitrogens with one attached hydrogen (secondary N) is 1. The van der Waals surface area contributed by atoms with Crippen LogP contribution in [0.15, 0.2) is 34.9 Å². The molecule has 2 amide bonds. The van der Waals surface area contributed by atoms with E-state index in [2.05, 4.69) is 5.32 Å². The van der Waals surface area contributed by atoms with E-state index in [1.54, 1.807) is 31.2 Å². The Hall–Kier alpha value is -1.98. The third-order valence-corrected chi connectivity index (χ3v) is 3.73. The maximum Gasteiger partial charge on any atom is 0.290 e. The lowest BCUT2D eigenvalue weighted by Gasteiger charge is -2.16. The van der Waals surface area contributed by atoms with E-state index in [1.807, 2.05) is 0 Å². The summed E-state index contributed by atoms with van der Waals surface area (Å²) in [6, 6.07) is 6.45. The molecule has 116 valence electrons. The Bertz CT molecular complexity index is 713. The van der Waals surface area contributed by atoms with Crippen molar-refractivity contribution in [3.8, 4) is 0 Å². The number of amides is 2. The number of furan rings is 1. The molecule has 1 N–H and O–H groups in total. The second kappa shape index (κ2) is 6.85. The number of benzene rings is 1. The summed E-state index contributed by atoms with van der Waals surface area (Å²) in [7, 11) is 1.53. The Morgan fingerprint density at radius 1 is 1.23 bits per heavy atom. The largest absolute Gasteiger partial charge is 0.459 e. The number of aryl methyl sites for hydroxylation is 1. The van der Waals surface area contributed by atoms with Gasteiger partial charge in [0, 0.05) is 18.3 Å². The minimum Gasteiger partial charge on any atom is -0.459 e. The summed E-state index contributed by atoms with van der Waals surface area (Å²) < 4.78 is 5.12. The summed E-state index contributed by atoms with van der Waals surface area (Å²) >= 11 is 11.7. The van der Waals surface area contributed by atoms with E-state index in [1.165, 1.54) is 18.2 Å². The first-order valence-corrected chi connectivity index (χ1v) is 7.18. The van der Waals surface area contributed by atoms with Crippen molar-refractivity contribution in [2.24, 2.45) is 0 Å². The van der Waals surface area contributed by atoms with Gasteiger partial charge in [0.25, 0.3) is 5.91 Å². The van der Waals surface area contributed by atoms with Crippen molar-refractivity contribution in [3.05, 3.63) is 51.9 Å². The summed E-state index contributed by atoms with van der Waals surface area (Å²) in [4.78, 5) is 25.4. The molecule has 0 aliphatic rings. The molecule has 0 unspecified atom stereocenters. The van der Waals surface area contributed by atoms with E-state index < -0.39 is 0 Å². The molecular formula is C15H14Cl2N2O3. The molecule has 0 atom stereocenters. The number of halogens is 2. The fourth-order valence-corrected chi connectivity index (χ4v) is 2.12. The highest BCUT2D eigenvalue weighted by Gasteiger charge is 2.19. The van der Waals surface area contributed by atoms with Gasteiger partial charge in [-0.05, 0) is 31.2 Å². The van der Waals surface area contributed by atoms with Crippen LogP contribution in [0.2, 0.25) is 10.0 Å². The SMILES string of the molecule is Cc1ccoc1C(=O)N(C)CC(=O)Nc1ccc(Cl)c(Cl)c1. The molecule has 1 aromatic carbocycles. The Kier molecular flexibility index (Phi) is 5.11. The third-order valence-electron chi connectivity index (χ3n) is 2.99. The quantitative estimate of drug-likeness (QED) is 0.924. The molecule has 5 nitrogen and oxygen atoms in total. The van der Waals surface area contributed by atoms with Crippen LogP contribution in [0.25, 0.3) is 0 Å². The van der Waals surface area contributed by atoms with Gasteiger partial charge in [-0.15, -0.1) is 0 Å². The second-order valence-electron chi connectivity index (χ2n) is 4.77. The zero-order valence-corrected chi connectivity index (χ0v) is 13.5. The topological polar surface area (TPSA) is 62.6 Å². The molecule has 0 spiro atoms. The van der Waals surface area contributed by atoms with Gasteiger partial charge in [0.05, 0.1) is 22.9 Å². The van der Waals surface area contributed by atoms with Crippen LogP contribution in [0, 0.1) is 6.92 Å². The molecule has 1 aromatic heterocycles. The second-order valence-corrected chi connectivity index (χ2v) is 5.59. The van der Waals surface area contributed by atoms with E-state index in [-0.39, 0.29) is 24.1 Å². The zero-order chi connectivity index (χ0) is 16.3. The lowest BCUT2D eigenvalue weighted by atomic mass is 10.2. The molecule has 0 aliphatic carbocycles. The number of hydrogen-bond donors (Lipinski definition) is 1. The average Bonchev–Trinajstić information content (AvgIpc) is 2.88. The van der Waals surface area contributed by atoms with Gasteiger partial charge in [-0.2, -0.15) is 0 Å². The molecule has 2 aromatic rings. The van der Waals surface area contributed by atoms with Gasteiger partial charge < -0.3 is 14.6 Å². The van der Waals surface area contributed by atoms with Crippen molar-refractivity contribution in [1.29, 1.82) is 0 Å². The maximum absolute atomic E-state index is 12.1. The molecule has 22 heavy (non-hydrogen) atoms. The molecular weight excluding hydrogens is 327 g/mol. The molecule has 0 fully saturated rings. The number of carbonyl (C=O) groups is 2. The van der Waals surface area contributed by atoms with Crippen LogP contribution in [0.4, 0.5) is 5.69 Å². The summed E-state index contributed by atoms with van der Waals surface area (Å²) in [6.07, 6.45) is 1.44. The van der Waals surface area contributed by atoms with Crippen LogP contribution in [-0.2, 0) is 4.79 Å². The van der Waals surface area contributed by atoms with Crippen LogP contribution >= 0.6 is 23.2 Å². The molecule has 0 bridgehead atoms.